The van der Waals surface area contributed by atoms with E-state index in [0.29, 0.717) is 36.6 Å². The van der Waals surface area contributed by atoms with E-state index in [1.807, 2.05) is 36.0 Å². The molecule has 6 rings (SSSR count). The third-order valence-corrected chi connectivity index (χ3v) is 10.1. The molecule has 36 heavy (non-hydrogen) atoms. The van der Waals surface area contributed by atoms with Crippen LogP contribution in [0.4, 0.5) is 0 Å². The number of likely N-dealkylation sites (tertiary alicyclic amines) is 1. The number of ether oxygens (including phenoxy) is 1. The van der Waals surface area contributed by atoms with E-state index in [9.17, 15) is 15.0 Å². The van der Waals surface area contributed by atoms with Gasteiger partial charge in [-0.25, -0.2) is 0 Å². The molecule has 4 unspecified atom stereocenters. The van der Waals surface area contributed by atoms with Crippen molar-refractivity contribution < 1.29 is 19.7 Å². The molecule has 1 aromatic heterocycles. The summed E-state index contributed by atoms with van der Waals surface area (Å²) in [7, 11) is 1.63. The van der Waals surface area contributed by atoms with Crippen LogP contribution in [0.5, 0.6) is 5.75 Å². The third-order valence-electron chi connectivity index (χ3n) is 8.58. The minimum atomic E-state index is -0.712. The highest BCUT2D eigenvalue weighted by Crippen LogP contribution is 2.57. The molecule has 3 aromatic rings. The Labute approximate surface area is 215 Å². The van der Waals surface area contributed by atoms with Crippen molar-refractivity contribution >= 4 is 28.6 Å². The van der Waals surface area contributed by atoms with E-state index in [2.05, 4.69) is 34.1 Å². The largest absolute Gasteiger partial charge is 0.497 e. The van der Waals surface area contributed by atoms with Crippen LogP contribution in [-0.4, -0.2) is 57.6 Å². The average molecular weight is 505 g/mol. The van der Waals surface area contributed by atoms with E-state index in [0.717, 1.165) is 41.6 Å². The standard InChI is InChI=1S/C29H32N2O4S/c1-35-18-7-8-24-21(14-18)19(10-12-30-24)26(32)9-6-17-11-13-31(16-23(17)29(33)34)25-15-22-20-4-2-3-5-27(20)36-28(22)25/h2-5,7-8,10,12,14,17,22-23,25-26,28,32H,6,9,11,13,15-16H2,1H3,(H,33,34)/t17?,22?,23-,25?,26-,28?/m0/s1. The number of nitrogens with zero attached hydrogens (tertiary/aromatic N) is 2. The molecule has 6 atom stereocenters. The van der Waals surface area contributed by atoms with Crippen molar-refractivity contribution in [2.45, 2.75) is 53.9 Å². The van der Waals surface area contributed by atoms with Gasteiger partial charge in [0, 0.05) is 40.2 Å². The maximum atomic E-state index is 12.3. The minimum absolute atomic E-state index is 0.0698. The number of carboxylic acid groups (broad SMARTS) is 1. The number of aliphatic carboxylic acids is 1. The van der Waals surface area contributed by atoms with Gasteiger partial charge < -0.3 is 14.9 Å². The lowest BCUT2D eigenvalue weighted by atomic mass is 9.73. The predicted molar refractivity (Wildman–Crippen MR) is 141 cm³/mol. The number of aliphatic hydroxyl groups excluding tert-OH is 1. The quantitative estimate of drug-likeness (QED) is 0.463. The Kier molecular flexibility index (Phi) is 6.40. The summed E-state index contributed by atoms with van der Waals surface area (Å²) in [6.07, 6.45) is 4.26. The summed E-state index contributed by atoms with van der Waals surface area (Å²) in [6.45, 7) is 1.54. The maximum Gasteiger partial charge on any atom is 0.308 e. The number of hydrogen-bond donors (Lipinski definition) is 2. The molecule has 1 saturated heterocycles. The number of fused-ring (bicyclic) bond motifs is 4. The van der Waals surface area contributed by atoms with Gasteiger partial charge in [0.2, 0.25) is 0 Å². The summed E-state index contributed by atoms with van der Waals surface area (Å²) in [6, 6.07) is 16.7. The van der Waals surface area contributed by atoms with Crippen LogP contribution in [-0.2, 0) is 4.79 Å². The monoisotopic (exact) mass is 504 g/mol. The zero-order valence-electron chi connectivity index (χ0n) is 20.4. The Morgan fingerprint density at radius 3 is 2.94 bits per heavy atom. The molecule has 1 saturated carbocycles. The Bertz CT molecular complexity index is 1280. The summed E-state index contributed by atoms with van der Waals surface area (Å²) in [5, 5.41) is 22.6. The smallest absolute Gasteiger partial charge is 0.308 e. The highest BCUT2D eigenvalue weighted by Gasteiger charge is 2.51. The van der Waals surface area contributed by atoms with Gasteiger partial charge in [-0.1, -0.05) is 18.2 Å². The normalized spacial score (nSPS) is 28.2. The van der Waals surface area contributed by atoms with E-state index in [1.165, 1.54) is 10.5 Å². The summed E-state index contributed by atoms with van der Waals surface area (Å²) >= 11 is 1.98. The SMILES string of the molecule is COc1ccc2nccc([C@@H](O)CCC3CCN(C4CC5c6ccccc6SC54)C[C@@H]3C(=O)O)c2c1. The second-order valence-corrected chi connectivity index (χ2v) is 11.6. The van der Waals surface area contributed by atoms with Crippen LogP contribution >= 0.6 is 11.8 Å². The topological polar surface area (TPSA) is 82.9 Å². The molecule has 2 fully saturated rings. The summed E-state index contributed by atoms with van der Waals surface area (Å²) in [4.78, 5) is 20.5. The molecule has 7 heteroatoms. The third kappa shape index (κ3) is 4.17. The number of piperidine rings is 1. The van der Waals surface area contributed by atoms with Gasteiger partial charge in [0.15, 0.2) is 0 Å². The number of pyridine rings is 1. The lowest BCUT2D eigenvalue weighted by molar-refractivity contribution is -0.147. The Morgan fingerprint density at radius 2 is 2.11 bits per heavy atom. The van der Waals surface area contributed by atoms with Gasteiger partial charge in [0.25, 0.3) is 0 Å². The number of rotatable bonds is 7. The Hall–Kier alpha value is -2.61. The van der Waals surface area contributed by atoms with Crippen LogP contribution in [0.25, 0.3) is 10.9 Å². The molecule has 0 spiro atoms. The van der Waals surface area contributed by atoms with Gasteiger partial charge in [-0.05, 0) is 79.6 Å². The average Bonchev–Trinajstić information content (AvgIpc) is 3.18. The Balaban J connectivity index is 1.11. The van der Waals surface area contributed by atoms with Gasteiger partial charge in [-0.2, -0.15) is 0 Å². The zero-order chi connectivity index (χ0) is 24.8. The predicted octanol–water partition coefficient (Wildman–Crippen LogP) is 5.11. The summed E-state index contributed by atoms with van der Waals surface area (Å²) in [5.41, 5.74) is 3.11. The Morgan fingerprint density at radius 1 is 1.25 bits per heavy atom. The van der Waals surface area contributed by atoms with E-state index < -0.39 is 18.0 Å². The lowest BCUT2D eigenvalue weighted by Gasteiger charge is -2.50. The molecule has 3 aliphatic rings. The first-order chi connectivity index (χ1) is 17.5. The molecule has 2 aliphatic heterocycles. The molecule has 1 aliphatic carbocycles. The van der Waals surface area contributed by atoms with Gasteiger partial charge in [0.05, 0.1) is 24.6 Å². The number of thioether (sulfide) groups is 1. The van der Waals surface area contributed by atoms with Crippen LogP contribution < -0.4 is 4.74 Å². The zero-order valence-corrected chi connectivity index (χ0v) is 21.2. The molecule has 188 valence electrons. The minimum Gasteiger partial charge on any atom is -0.497 e. The van der Waals surface area contributed by atoms with E-state index in [4.69, 9.17) is 4.74 Å². The van der Waals surface area contributed by atoms with E-state index >= 15 is 0 Å². The first-order valence-corrected chi connectivity index (χ1v) is 13.7. The molecule has 2 aromatic carbocycles. The van der Waals surface area contributed by atoms with Crippen molar-refractivity contribution in [1.29, 1.82) is 0 Å². The van der Waals surface area contributed by atoms with Gasteiger partial charge >= 0.3 is 5.97 Å². The van der Waals surface area contributed by atoms with E-state index in [1.54, 1.807) is 13.3 Å². The van der Waals surface area contributed by atoms with Crippen LogP contribution in [0.1, 0.15) is 48.8 Å². The van der Waals surface area contributed by atoms with Gasteiger partial charge in [-0.3, -0.25) is 14.7 Å². The molecule has 6 nitrogen and oxygen atoms in total. The summed E-state index contributed by atoms with van der Waals surface area (Å²) < 4.78 is 5.36. The number of aliphatic hydroxyl groups is 1. The van der Waals surface area contributed by atoms with Crippen molar-refractivity contribution in [3.05, 3.63) is 65.9 Å². The van der Waals surface area contributed by atoms with Crippen molar-refractivity contribution in [3.63, 3.8) is 0 Å². The summed E-state index contributed by atoms with van der Waals surface area (Å²) in [5.74, 6) is 0.301. The van der Waals surface area contributed by atoms with Crippen LogP contribution in [0.3, 0.4) is 0 Å². The number of methoxy groups -OCH3 is 1. The number of aromatic nitrogens is 1. The fourth-order valence-corrected chi connectivity index (χ4v) is 8.18. The number of carboxylic acids is 1. The highest BCUT2D eigenvalue weighted by molar-refractivity contribution is 8.00. The first-order valence-electron chi connectivity index (χ1n) is 12.9. The molecule has 0 radical (unpaired) electrons. The fourth-order valence-electron chi connectivity index (χ4n) is 6.51. The number of benzene rings is 2. The lowest BCUT2D eigenvalue weighted by Crippen LogP contribution is -2.57. The van der Waals surface area contributed by atoms with E-state index in [-0.39, 0.29) is 5.92 Å². The molecule has 0 amide bonds. The fraction of sp³-hybridized carbons (Fsp3) is 0.448. The molecule has 3 heterocycles. The maximum absolute atomic E-state index is 12.3. The van der Waals surface area contributed by atoms with Gasteiger partial charge in [-0.15, -0.1) is 11.8 Å². The second kappa shape index (κ2) is 9.69. The van der Waals surface area contributed by atoms with Crippen molar-refractivity contribution in [3.8, 4) is 5.75 Å². The number of hydrogen-bond acceptors (Lipinski definition) is 6. The second-order valence-electron chi connectivity index (χ2n) is 10.4. The number of carbonyl (C=O) groups is 1. The van der Waals surface area contributed by atoms with Crippen LogP contribution in [0.2, 0.25) is 0 Å². The van der Waals surface area contributed by atoms with Crippen LogP contribution in [0.15, 0.2) is 59.6 Å². The van der Waals surface area contributed by atoms with Crippen LogP contribution in [0, 0.1) is 11.8 Å². The van der Waals surface area contributed by atoms with Crippen molar-refractivity contribution in [2.75, 3.05) is 20.2 Å². The van der Waals surface area contributed by atoms with Crippen molar-refractivity contribution in [1.82, 2.24) is 9.88 Å². The first kappa shape index (κ1) is 23.8. The van der Waals surface area contributed by atoms with Crippen molar-refractivity contribution in [2.24, 2.45) is 11.8 Å². The highest BCUT2D eigenvalue weighted by atomic mass is 32.2. The molecule has 0 bridgehead atoms. The molecule has 2 N–H and O–H groups in total. The molecular formula is C29H32N2O4S. The molecular weight excluding hydrogens is 472 g/mol. The van der Waals surface area contributed by atoms with Gasteiger partial charge in [0.1, 0.15) is 5.75 Å².